The molecule has 1 N–H and O–H groups in total. The van der Waals surface area contributed by atoms with Crippen molar-refractivity contribution < 1.29 is 0 Å². The fourth-order valence-electron chi connectivity index (χ4n) is 3.09. The van der Waals surface area contributed by atoms with Gasteiger partial charge in [-0.15, -0.1) is 0 Å². The maximum Gasteiger partial charge on any atom is 0.0254 e. The second kappa shape index (κ2) is 4.81. The zero-order valence-corrected chi connectivity index (χ0v) is 10.4. The summed E-state index contributed by atoms with van der Waals surface area (Å²) in [6, 6.07) is 1.52. The zero-order valence-electron chi connectivity index (χ0n) is 10.4. The van der Waals surface area contributed by atoms with Crippen LogP contribution in [0.1, 0.15) is 19.8 Å². The highest BCUT2D eigenvalue weighted by Gasteiger charge is 2.32. The van der Waals surface area contributed by atoms with Crippen molar-refractivity contribution in [3.05, 3.63) is 0 Å². The van der Waals surface area contributed by atoms with Crippen LogP contribution in [-0.4, -0.2) is 62.2 Å². The van der Waals surface area contributed by atoms with Gasteiger partial charge in [0.2, 0.25) is 0 Å². The highest BCUT2D eigenvalue weighted by atomic mass is 15.2. The fraction of sp³-hybridized carbons (Fsp3) is 1.00. The first-order chi connectivity index (χ1) is 7.16. The first-order valence-corrected chi connectivity index (χ1v) is 6.29. The third-order valence-electron chi connectivity index (χ3n) is 3.95. The summed E-state index contributed by atoms with van der Waals surface area (Å²) in [6.07, 6.45) is 2.74. The summed E-state index contributed by atoms with van der Waals surface area (Å²) in [6.45, 7) is 7.40. The molecule has 3 atom stereocenters. The topological polar surface area (TPSA) is 18.5 Å². The Balaban J connectivity index is 1.80. The Labute approximate surface area is 93.8 Å². The van der Waals surface area contributed by atoms with Gasteiger partial charge in [-0.1, -0.05) is 6.92 Å². The van der Waals surface area contributed by atoms with Gasteiger partial charge in [-0.25, -0.2) is 0 Å². The minimum Gasteiger partial charge on any atom is -0.313 e. The van der Waals surface area contributed by atoms with Gasteiger partial charge in [-0.3, -0.25) is 4.90 Å². The van der Waals surface area contributed by atoms with Gasteiger partial charge in [0.25, 0.3) is 0 Å². The zero-order chi connectivity index (χ0) is 10.8. The molecule has 0 aromatic rings. The number of rotatable bonds is 3. The molecule has 15 heavy (non-hydrogen) atoms. The van der Waals surface area contributed by atoms with Crippen LogP contribution in [0.15, 0.2) is 0 Å². The van der Waals surface area contributed by atoms with E-state index in [0.29, 0.717) is 0 Å². The van der Waals surface area contributed by atoms with E-state index in [1.54, 1.807) is 0 Å². The monoisotopic (exact) mass is 211 g/mol. The van der Waals surface area contributed by atoms with Gasteiger partial charge in [0.15, 0.2) is 0 Å². The van der Waals surface area contributed by atoms with Crippen molar-refractivity contribution in [1.82, 2.24) is 15.1 Å². The highest BCUT2D eigenvalue weighted by Crippen LogP contribution is 2.21. The molecule has 2 rings (SSSR count). The molecule has 0 bridgehead atoms. The maximum atomic E-state index is 3.59. The van der Waals surface area contributed by atoms with Crippen LogP contribution >= 0.6 is 0 Å². The molecular formula is C12H25N3. The van der Waals surface area contributed by atoms with Crippen LogP contribution in [0.2, 0.25) is 0 Å². The molecule has 3 heteroatoms. The number of hydrogen-bond acceptors (Lipinski definition) is 3. The van der Waals surface area contributed by atoms with Gasteiger partial charge in [0.05, 0.1) is 0 Å². The van der Waals surface area contributed by atoms with E-state index in [1.807, 2.05) is 0 Å². The van der Waals surface area contributed by atoms with Crippen LogP contribution in [0.25, 0.3) is 0 Å². The molecule has 3 nitrogen and oxygen atoms in total. The minimum atomic E-state index is 0.756. The smallest absolute Gasteiger partial charge is 0.0254 e. The molecule has 2 aliphatic heterocycles. The summed E-state index contributed by atoms with van der Waals surface area (Å²) in [5, 5.41) is 3.59. The number of likely N-dealkylation sites (tertiary alicyclic amines) is 1. The maximum absolute atomic E-state index is 3.59. The molecule has 3 unspecified atom stereocenters. The predicted octanol–water partition coefficient (Wildman–Crippen LogP) is 0.620. The first kappa shape index (κ1) is 11.4. The standard InChI is InChI=1S/C12H25N3/c1-10-7-15(9-12(10)14(2)3)8-11-5-4-6-13-11/h10-13H,4-9H2,1-3H3. The molecule has 0 aromatic carbocycles. The van der Waals surface area contributed by atoms with Crippen molar-refractivity contribution in [2.24, 2.45) is 5.92 Å². The van der Waals surface area contributed by atoms with Crippen molar-refractivity contribution >= 4 is 0 Å². The molecule has 0 radical (unpaired) electrons. The van der Waals surface area contributed by atoms with Crippen LogP contribution in [-0.2, 0) is 0 Å². The van der Waals surface area contributed by atoms with Gasteiger partial charge in [-0.2, -0.15) is 0 Å². The molecule has 2 aliphatic rings. The number of likely N-dealkylation sites (N-methyl/N-ethyl adjacent to an activating group) is 1. The molecule has 0 spiro atoms. The molecule has 2 saturated heterocycles. The van der Waals surface area contributed by atoms with Gasteiger partial charge >= 0.3 is 0 Å². The van der Waals surface area contributed by atoms with E-state index < -0.39 is 0 Å². The van der Waals surface area contributed by atoms with E-state index in [2.05, 4.69) is 36.1 Å². The lowest BCUT2D eigenvalue weighted by molar-refractivity contribution is 0.246. The van der Waals surface area contributed by atoms with E-state index in [4.69, 9.17) is 0 Å². The average Bonchev–Trinajstić information content (AvgIpc) is 2.75. The molecule has 0 aliphatic carbocycles. The van der Waals surface area contributed by atoms with Gasteiger partial charge in [-0.05, 0) is 39.4 Å². The van der Waals surface area contributed by atoms with Gasteiger partial charge < -0.3 is 10.2 Å². The third kappa shape index (κ3) is 2.71. The molecule has 0 saturated carbocycles. The van der Waals surface area contributed by atoms with Crippen molar-refractivity contribution in [3.63, 3.8) is 0 Å². The summed E-state index contributed by atoms with van der Waals surface area (Å²) < 4.78 is 0. The van der Waals surface area contributed by atoms with Crippen LogP contribution in [0, 0.1) is 5.92 Å². The average molecular weight is 211 g/mol. The van der Waals surface area contributed by atoms with Crippen molar-refractivity contribution in [1.29, 1.82) is 0 Å². The van der Waals surface area contributed by atoms with Crippen molar-refractivity contribution in [2.45, 2.75) is 31.8 Å². The lowest BCUT2D eigenvalue weighted by Gasteiger charge is -2.23. The molecular weight excluding hydrogens is 186 g/mol. The fourth-order valence-corrected chi connectivity index (χ4v) is 3.09. The second-order valence-corrected chi connectivity index (χ2v) is 5.52. The van der Waals surface area contributed by atoms with E-state index in [-0.39, 0.29) is 0 Å². The molecule has 2 heterocycles. The van der Waals surface area contributed by atoms with E-state index in [0.717, 1.165) is 18.0 Å². The lowest BCUT2D eigenvalue weighted by Crippen LogP contribution is -2.38. The summed E-state index contributed by atoms with van der Waals surface area (Å²) in [7, 11) is 4.41. The second-order valence-electron chi connectivity index (χ2n) is 5.52. The number of nitrogens with one attached hydrogen (secondary N) is 1. The Bertz CT molecular complexity index is 197. The van der Waals surface area contributed by atoms with Crippen LogP contribution in [0.5, 0.6) is 0 Å². The minimum absolute atomic E-state index is 0.756. The van der Waals surface area contributed by atoms with Crippen LogP contribution in [0.3, 0.4) is 0 Å². The molecule has 0 amide bonds. The van der Waals surface area contributed by atoms with E-state index >= 15 is 0 Å². The van der Waals surface area contributed by atoms with Crippen LogP contribution < -0.4 is 5.32 Å². The first-order valence-electron chi connectivity index (χ1n) is 6.29. The Morgan fingerprint density at radius 1 is 1.33 bits per heavy atom. The Morgan fingerprint density at radius 3 is 2.67 bits per heavy atom. The Kier molecular flexibility index (Phi) is 3.65. The molecule has 2 fully saturated rings. The van der Waals surface area contributed by atoms with E-state index in [1.165, 1.54) is 39.0 Å². The third-order valence-corrected chi connectivity index (χ3v) is 3.95. The Hall–Kier alpha value is -0.120. The lowest BCUT2D eigenvalue weighted by atomic mass is 10.1. The Morgan fingerprint density at radius 2 is 2.13 bits per heavy atom. The molecule has 88 valence electrons. The van der Waals surface area contributed by atoms with Gasteiger partial charge in [0.1, 0.15) is 0 Å². The molecule has 0 aromatic heterocycles. The van der Waals surface area contributed by atoms with Crippen molar-refractivity contribution in [3.8, 4) is 0 Å². The summed E-state index contributed by atoms with van der Waals surface area (Å²) in [4.78, 5) is 5.02. The number of nitrogens with zero attached hydrogens (tertiary/aromatic N) is 2. The normalized spacial score (nSPS) is 38.0. The van der Waals surface area contributed by atoms with E-state index in [9.17, 15) is 0 Å². The summed E-state index contributed by atoms with van der Waals surface area (Å²) >= 11 is 0. The number of hydrogen-bond donors (Lipinski definition) is 1. The summed E-state index contributed by atoms with van der Waals surface area (Å²) in [5.41, 5.74) is 0. The van der Waals surface area contributed by atoms with Crippen molar-refractivity contribution in [2.75, 3.05) is 40.3 Å². The quantitative estimate of drug-likeness (QED) is 0.738. The van der Waals surface area contributed by atoms with Gasteiger partial charge in [0, 0.05) is 31.7 Å². The largest absolute Gasteiger partial charge is 0.313 e. The summed E-state index contributed by atoms with van der Waals surface area (Å²) in [5.74, 6) is 0.821. The SMILES string of the molecule is CC1CN(CC2CCCN2)CC1N(C)C. The predicted molar refractivity (Wildman–Crippen MR) is 64.1 cm³/mol. The van der Waals surface area contributed by atoms with Crippen LogP contribution in [0.4, 0.5) is 0 Å². The highest BCUT2D eigenvalue weighted by molar-refractivity contribution is 4.89.